The molecule has 0 aliphatic heterocycles. The van der Waals surface area contributed by atoms with Crippen molar-refractivity contribution in [2.75, 3.05) is 12.0 Å². The molecule has 3 aromatic rings. The Bertz CT molecular complexity index is 937. The molecule has 2 aromatic carbocycles. The molecule has 0 aliphatic rings. The topological polar surface area (TPSA) is 92.3 Å². The van der Waals surface area contributed by atoms with Crippen LogP contribution in [0.1, 0.15) is 25.3 Å². The van der Waals surface area contributed by atoms with Crippen LogP contribution < -0.4 is 15.7 Å². The standard InChI is InChI=1S/C20H21N5O2/c1-2-3-13-27-17-11-9-15(10-12-17)14-21-24-20-22-19(26)18(23-25-20)16-7-5-4-6-8-16/h4-12,14H,2-3,13H2,1H3,(H2,22,24,25,26)/b21-14+. The molecule has 0 saturated carbocycles. The summed E-state index contributed by atoms with van der Waals surface area (Å²) in [4.78, 5) is 14.8. The van der Waals surface area contributed by atoms with Gasteiger partial charge in [0.15, 0.2) is 5.69 Å². The molecule has 0 unspecified atom stereocenters. The Hall–Kier alpha value is -3.48. The molecule has 0 atom stereocenters. The number of H-pyrrole nitrogens is 1. The summed E-state index contributed by atoms with van der Waals surface area (Å²) in [5, 5.41) is 12.0. The van der Waals surface area contributed by atoms with E-state index in [4.69, 9.17) is 4.74 Å². The summed E-state index contributed by atoms with van der Waals surface area (Å²) in [6.45, 7) is 2.85. The van der Waals surface area contributed by atoms with E-state index in [1.807, 2.05) is 42.5 Å². The molecule has 0 amide bonds. The van der Waals surface area contributed by atoms with E-state index in [0.29, 0.717) is 5.56 Å². The lowest BCUT2D eigenvalue weighted by atomic mass is 10.2. The molecule has 0 spiro atoms. The van der Waals surface area contributed by atoms with E-state index < -0.39 is 0 Å². The number of rotatable bonds is 8. The van der Waals surface area contributed by atoms with Crippen LogP contribution in [0.3, 0.4) is 0 Å². The summed E-state index contributed by atoms with van der Waals surface area (Å²) >= 11 is 0. The third-order valence-electron chi connectivity index (χ3n) is 3.78. The van der Waals surface area contributed by atoms with Gasteiger partial charge in [0.25, 0.3) is 5.56 Å². The van der Waals surface area contributed by atoms with Crippen molar-refractivity contribution in [1.82, 2.24) is 15.2 Å². The number of hydrazone groups is 1. The van der Waals surface area contributed by atoms with Gasteiger partial charge in [-0.3, -0.25) is 9.78 Å². The van der Waals surface area contributed by atoms with Gasteiger partial charge in [-0.15, -0.1) is 10.2 Å². The summed E-state index contributed by atoms with van der Waals surface area (Å²) in [6, 6.07) is 16.8. The van der Waals surface area contributed by atoms with Gasteiger partial charge < -0.3 is 4.74 Å². The van der Waals surface area contributed by atoms with E-state index in [0.717, 1.165) is 30.8 Å². The number of hydrogen-bond donors (Lipinski definition) is 2. The summed E-state index contributed by atoms with van der Waals surface area (Å²) in [6.07, 6.45) is 3.77. The zero-order valence-corrected chi connectivity index (χ0v) is 15.1. The fourth-order valence-electron chi connectivity index (χ4n) is 2.32. The van der Waals surface area contributed by atoms with Gasteiger partial charge in [0, 0.05) is 5.56 Å². The number of benzene rings is 2. The largest absolute Gasteiger partial charge is 0.494 e. The van der Waals surface area contributed by atoms with Crippen LogP contribution in [-0.2, 0) is 0 Å². The Morgan fingerprint density at radius 2 is 1.89 bits per heavy atom. The molecule has 0 aliphatic carbocycles. The number of nitrogens with zero attached hydrogens (tertiary/aromatic N) is 3. The number of unbranched alkanes of at least 4 members (excludes halogenated alkanes) is 1. The average molecular weight is 363 g/mol. The molecule has 0 radical (unpaired) electrons. The first-order valence-electron chi connectivity index (χ1n) is 8.80. The minimum atomic E-state index is -0.331. The normalized spacial score (nSPS) is 10.9. The van der Waals surface area contributed by atoms with Crippen LogP contribution in [0.5, 0.6) is 5.75 Å². The molecule has 27 heavy (non-hydrogen) atoms. The van der Waals surface area contributed by atoms with E-state index in [1.165, 1.54) is 0 Å². The molecule has 7 nitrogen and oxygen atoms in total. The van der Waals surface area contributed by atoms with Gasteiger partial charge in [0.1, 0.15) is 5.75 Å². The lowest BCUT2D eigenvalue weighted by molar-refractivity contribution is 0.309. The summed E-state index contributed by atoms with van der Waals surface area (Å²) < 4.78 is 5.62. The Balaban J connectivity index is 1.60. The molecule has 1 heterocycles. The van der Waals surface area contributed by atoms with Crippen molar-refractivity contribution in [3.05, 3.63) is 70.5 Å². The summed E-state index contributed by atoms with van der Waals surface area (Å²) in [5.41, 5.74) is 4.22. The first kappa shape index (κ1) is 18.3. The smallest absolute Gasteiger partial charge is 0.279 e. The number of aromatic nitrogens is 3. The number of ether oxygens (including phenoxy) is 1. The maximum atomic E-state index is 12.2. The number of hydrogen-bond acceptors (Lipinski definition) is 6. The Morgan fingerprint density at radius 1 is 1.11 bits per heavy atom. The second kappa shape index (κ2) is 9.28. The SMILES string of the molecule is CCCCOc1ccc(/C=N/Nc2nnc(-c3ccccc3)c(=O)[nH]2)cc1. The van der Waals surface area contributed by atoms with Crippen LogP contribution in [0.2, 0.25) is 0 Å². The third kappa shape index (κ3) is 5.24. The number of aromatic amines is 1. The van der Waals surface area contributed by atoms with Crippen molar-refractivity contribution in [2.24, 2.45) is 5.10 Å². The first-order valence-corrected chi connectivity index (χ1v) is 8.80. The highest BCUT2D eigenvalue weighted by atomic mass is 16.5. The Morgan fingerprint density at radius 3 is 2.59 bits per heavy atom. The quantitative estimate of drug-likeness (QED) is 0.363. The van der Waals surface area contributed by atoms with Crippen LogP contribution in [0.4, 0.5) is 5.95 Å². The summed E-state index contributed by atoms with van der Waals surface area (Å²) in [7, 11) is 0. The molecule has 3 rings (SSSR count). The van der Waals surface area contributed by atoms with Gasteiger partial charge in [0.05, 0.1) is 12.8 Å². The van der Waals surface area contributed by atoms with Gasteiger partial charge >= 0.3 is 0 Å². The lowest BCUT2D eigenvalue weighted by Gasteiger charge is -2.05. The van der Waals surface area contributed by atoms with Crippen molar-refractivity contribution in [3.8, 4) is 17.0 Å². The molecular formula is C20H21N5O2. The molecule has 2 N–H and O–H groups in total. The van der Waals surface area contributed by atoms with Crippen molar-refractivity contribution in [3.63, 3.8) is 0 Å². The van der Waals surface area contributed by atoms with Crippen molar-refractivity contribution in [1.29, 1.82) is 0 Å². The Labute approximate surface area is 157 Å². The van der Waals surface area contributed by atoms with E-state index >= 15 is 0 Å². The lowest BCUT2D eigenvalue weighted by Crippen LogP contribution is -2.15. The van der Waals surface area contributed by atoms with Gasteiger partial charge in [-0.1, -0.05) is 43.7 Å². The van der Waals surface area contributed by atoms with Crippen LogP contribution in [0, 0.1) is 0 Å². The van der Waals surface area contributed by atoms with Crippen molar-refractivity contribution in [2.45, 2.75) is 19.8 Å². The molecule has 1 aromatic heterocycles. The van der Waals surface area contributed by atoms with E-state index in [2.05, 4.69) is 32.6 Å². The van der Waals surface area contributed by atoms with Gasteiger partial charge in [-0.05, 0) is 36.2 Å². The average Bonchev–Trinajstić information content (AvgIpc) is 2.70. The predicted molar refractivity (Wildman–Crippen MR) is 106 cm³/mol. The first-order chi connectivity index (χ1) is 13.3. The second-order valence-corrected chi connectivity index (χ2v) is 5.86. The highest BCUT2D eigenvalue weighted by Gasteiger charge is 2.06. The number of anilines is 1. The maximum absolute atomic E-state index is 12.2. The second-order valence-electron chi connectivity index (χ2n) is 5.86. The van der Waals surface area contributed by atoms with Crippen molar-refractivity contribution >= 4 is 12.2 Å². The van der Waals surface area contributed by atoms with Gasteiger partial charge in [-0.2, -0.15) is 5.10 Å². The van der Waals surface area contributed by atoms with Crippen LogP contribution in [-0.4, -0.2) is 28.0 Å². The zero-order valence-electron chi connectivity index (χ0n) is 15.1. The van der Waals surface area contributed by atoms with E-state index in [9.17, 15) is 4.79 Å². The predicted octanol–water partition coefficient (Wildman–Crippen LogP) is 3.46. The van der Waals surface area contributed by atoms with Gasteiger partial charge in [0.2, 0.25) is 5.95 Å². The highest BCUT2D eigenvalue weighted by molar-refractivity contribution is 5.80. The third-order valence-corrected chi connectivity index (χ3v) is 3.78. The molecule has 0 bridgehead atoms. The van der Waals surface area contributed by atoms with Crippen LogP contribution >= 0.6 is 0 Å². The van der Waals surface area contributed by atoms with E-state index in [-0.39, 0.29) is 17.2 Å². The van der Waals surface area contributed by atoms with Crippen LogP contribution in [0.25, 0.3) is 11.3 Å². The molecular weight excluding hydrogens is 342 g/mol. The van der Waals surface area contributed by atoms with Gasteiger partial charge in [-0.25, -0.2) is 5.43 Å². The minimum absolute atomic E-state index is 0.176. The van der Waals surface area contributed by atoms with E-state index in [1.54, 1.807) is 18.3 Å². The molecule has 0 fully saturated rings. The fourth-order valence-corrected chi connectivity index (χ4v) is 2.32. The zero-order chi connectivity index (χ0) is 18.9. The summed E-state index contributed by atoms with van der Waals surface area (Å²) in [5.74, 6) is 1.01. The van der Waals surface area contributed by atoms with Crippen LogP contribution in [0.15, 0.2) is 64.5 Å². The Kier molecular flexibility index (Phi) is 6.30. The fraction of sp³-hybridized carbons (Fsp3) is 0.200. The molecule has 7 heteroatoms. The maximum Gasteiger partial charge on any atom is 0.279 e. The van der Waals surface area contributed by atoms with Crippen molar-refractivity contribution < 1.29 is 4.74 Å². The molecule has 0 saturated heterocycles. The minimum Gasteiger partial charge on any atom is -0.494 e. The monoisotopic (exact) mass is 363 g/mol. The molecule has 138 valence electrons. The highest BCUT2D eigenvalue weighted by Crippen LogP contribution is 2.12. The number of nitrogens with one attached hydrogen (secondary N) is 2.